The van der Waals surface area contributed by atoms with Crippen LogP contribution in [0.5, 0.6) is 0 Å². The molecule has 1 heterocycles. The molecule has 1 rings (SSSR count). The number of hydrogen-bond acceptors (Lipinski definition) is 3. The Labute approximate surface area is 115 Å². The highest BCUT2D eigenvalue weighted by Gasteiger charge is 2.29. The number of likely N-dealkylation sites (tertiary alicyclic amines) is 1. The van der Waals surface area contributed by atoms with Crippen molar-refractivity contribution in [2.75, 3.05) is 13.1 Å². The van der Waals surface area contributed by atoms with Crippen molar-refractivity contribution >= 4 is 11.7 Å². The summed E-state index contributed by atoms with van der Waals surface area (Å²) >= 11 is 0. The second kappa shape index (κ2) is 6.26. The zero-order valence-corrected chi connectivity index (χ0v) is 12.5. The van der Waals surface area contributed by atoms with Crippen LogP contribution in [0.2, 0.25) is 0 Å². The molecule has 1 aliphatic rings. The van der Waals surface area contributed by atoms with Gasteiger partial charge in [0.05, 0.1) is 0 Å². The molecule has 1 fully saturated rings. The van der Waals surface area contributed by atoms with E-state index in [0.717, 1.165) is 19.4 Å². The van der Waals surface area contributed by atoms with Gasteiger partial charge in [0.2, 0.25) is 5.91 Å². The summed E-state index contributed by atoms with van der Waals surface area (Å²) in [5, 5.41) is 11.8. The van der Waals surface area contributed by atoms with Crippen molar-refractivity contribution in [3.63, 3.8) is 0 Å². The first-order valence-corrected chi connectivity index (χ1v) is 7.01. The number of nitrogens with zero attached hydrogens (tertiary/aromatic N) is 2. The van der Waals surface area contributed by atoms with Crippen molar-refractivity contribution in [2.45, 2.75) is 47.0 Å². The first-order valence-electron chi connectivity index (χ1n) is 7.01. The van der Waals surface area contributed by atoms with Crippen molar-refractivity contribution in [1.29, 1.82) is 0 Å². The Bertz CT molecular complexity index is 347. The maximum atomic E-state index is 12.3. The van der Waals surface area contributed by atoms with Crippen LogP contribution in [0.1, 0.15) is 47.0 Å². The lowest BCUT2D eigenvalue weighted by molar-refractivity contribution is -0.134. The lowest BCUT2D eigenvalue weighted by Gasteiger charge is -2.34. The van der Waals surface area contributed by atoms with Gasteiger partial charge in [0.25, 0.3) is 0 Å². The van der Waals surface area contributed by atoms with Gasteiger partial charge in [-0.2, -0.15) is 0 Å². The van der Waals surface area contributed by atoms with E-state index in [4.69, 9.17) is 10.9 Å². The molecule has 110 valence electrons. The average Bonchev–Trinajstić information content (AvgIpc) is 2.36. The topological polar surface area (TPSA) is 78.9 Å². The highest BCUT2D eigenvalue weighted by atomic mass is 16.4. The molecule has 0 aromatic carbocycles. The largest absolute Gasteiger partial charge is 0.409 e. The molecule has 3 N–H and O–H groups in total. The molecule has 2 unspecified atom stereocenters. The van der Waals surface area contributed by atoms with E-state index in [1.54, 1.807) is 0 Å². The summed E-state index contributed by atoms with van der Waals surface area (Å²) in [5.41, 5.74) is 5.78. The van der Waals surface area contributed by atoms with E-state index in [9.17, 15) is 4.79 Å². The van der Waals surface area contributed by atoms with E-state index >= 15 is 0 Å². The van der Waals surface area contributed by atoms with Crippen LogP contribution < -0.4 is 5.73 Å². The number of amides is 1. The maximum Gasteiger partial charge on any atom is 0.222 e. The second-order valence-electron chi connectivity index (χ2n) is 6.67. The fourth-order valence-corrected chi connectivity index (χ4v) is 2.22. The van der Waals surface area contributed by atoms with Gasteiger partial charge in [-0.25, -0.2) is 0 Å². The summed E-state index contributed by atoms with van der Waals surface area (Å²) in [6.07, 6.45) is 2.36. The molecular weight excluding hydrogens is 242 g/mol. The molecule has 1 amide bonds. The molecule has 0 aliphatic carbocycles. The molecule has 0 aromatic heterocycles. The minimum atomic E-state index is -0.00681. The Balaban J connectivity index is 2.58. The zero-order valence-electron chi connectivity index (χ0n) is 12.5. The number of amidine groups is 1. The molecule has 1 aliphatic heterocycles. The SMILES string of the molecule is CC(CC(=O)N1CCCC(C(N)=NO)C1)C(C)(C)C. The predicted octanol–water partition coefficient (Wildman–Crippen LogP) is 2.04. The standard InChI is InChI=1S/C14H27N3O2/c1-10(14(2,3)4)8-12(18)17-7-5-6-11(9-17)13(15)16-19/h10-11,19H,5-9H2,1-4H3,(H2,15,16). The Morgan fingerprint density at radius 1 is 1.53 bits per heavy atom. The highest BCUT2D eigenvalue weighted by Crippen LogP contribution is 2.29. The minimum Gasteiger partial charge on any atom is -0.409 e. The second-order valence-corrected chi connectivity index (χ2v) is 6.67. The molecule has 0 saturated carbocycles. The Kier molecular flexibility index (Phi) is 5.20. The number of piperidine rings is 1. The number of rotatable bonds is 3. The van der Waals surface area contributed by atoms with Crippen LogP contribution in [0.3, 0.4) is 0 Å². The molecule has 0 bridgehead atoms. The van der Waals surface area contributed by atoms with E-state index in [1.807, 2.05) is 4.90 Å². The number of nitrogens with two attached hydrogens (primary N) is 1. The smallest absolute Gasteiger partial charge is 0.222 e. The monoisotopic (exact) mass is 269 g/mol. The normalized spacial score (nSPS) is 23.3. The van der Waals surface area contributed by atoms with Crippen LogP contribution >= 0.6 is 0 Å². The Hall–Kier alpha value is -1.26. The van der Waals surface area contributed by atoms with Crippen LogP contribution in [-0.2, 0) is 4.79 Å². The van der Waals surface area contributed by atoms with E-state index in [2.05, 4.69) is 32.9 Å². The lowest BCUT2D eigenvalue weighted by Crippen LogP contribution is -2.45. The molecule has 0 aromatic rings. The van der Waals surface area contributed by atoms with Crippen LogP contribution in [0.15, 0.2) is 5.16 Å². The van der Waals surface area contributed by atoms with Gasteiger partial charge in [-0.1, -0.05) is 32.9 Å². The Morgan fingerprint density at radius 2 is 2.16 bits per heavy atom. The fourth-order valence-electron chi connectivity index (χ4n) is 2.22. The van der Waals surface area contributed by atoms with Crippen LogP contribution in [0.4, 0.5) is 0 Å². The first kappa shape index (κ1) is 15.8. The summed E-state index contributed by atoms with van der Waals surface area (Å²) < 4.78 is 0. The number of oxime groups is 1. The zero-order chi connectivity index (χ0) is 14.6. The third-order valence-electron chi connectivity index (χ3n) is 4.27. The van der Waals surface area contributed by atoms with E-state index in [1.165, 1.54) is 0 Å². The first-order chi connectivity index (χ1) is 8.75. The van der Waals surface area contributed by atoms with Gasteiger partial charge in [0, 0.05) is 25.4 Å². The Morgan fingerprint density at radius 3 is 2.68 bits per heavy atom. The highest BCUT2D eigenvalue weighted by molar-refractivity contribution is 5.84. The molecular formula is C14H27N3O2. The van der Waals surface area contributed by atoms with E-state index < -0.39 is 0 Å². The van der Waals surface area contributed by atoms with E-state index in [-0.39, 0.29) is 23.1 Å². The van der Waals surface area contributed by atoms with Gasteiger partial charge in [0.15, 0.2) is 0 Å². The molecule has 2 atom stereocenters. The van der Waals surface area contributed by atoms with Gasteiger partial charge < -0.3 is 15.8 Å². The fraction of sp³-hybridized carbons (Fsp3) is 0.857. The minimum absolute atomic E-state index is 0.00681. The van der Waals surface area contributed by atoms with Crippen LogP contribution in [0.25, 0.3) is 0 Å². The summed E-state index contributed by atoms with van der Waals surface area (Å²) in [6, 6.07) is 0. The number of carbonyl (C=O) groups excluding carboxylic acids is 1. The average molecular weight is 269 g/mol. The van der Waals surface area contributed by atoms with Crippen LogP contribution in [0, 0.1) is 17.3 Å². The molecule has 0 radical (unpaired) electrons. The summed E-state index contributed by atoms with van der Waals surface area (Å²) in [5.74, 6) is 0.746. The van der Waals surface area contributed by atoms with Crippen molar-refractivity contribution in [2.24, 2.45) is 28.1 Å². The number of hydrogen-bond donors (Lipinski definition) is 2. The van der Waals surface area contributed by atoms with E-state index in [0.29, 0.717) is 18.9 Å². The summed E-state index contributed by atoms with van der Waals surface area (Å²) in [6.45, 7) is 9.93. The van der Waals surface area contributed by atoms with Crippen LogP contribution in [-0.4, -0.2) is 34.9 Å². The van der Waals surface area contributed by atoms with Crippen molar-refractivity contribution in [3.8, 4) is 0 Å². The van der Waals surface area contributed by atoms with Gasteiger partial charge in [-0.15, -0.1) is 0 Å². The third kappa shape index (κ3) is 4.40. The lowest BCUT2D eigenvalue weighted by atomic mass is 9.80. The quantitative estimate of drug-likeness (QED) is 0.356. The third-order valence-corrected chi connectivity index (χ3v) is 4.27. The van der Waals surface area contributed by atoms with Gasteiger partial charge in [0.1, 0.15) is 5.84 Å². The van der Waals surface area contributed by atoms with Crippen molar-refractivity contribution < 1.29 is 10.0 Å². The molecule has 5 nitrogen and oxygen atoms in total. The summed E-state index contributed by atoms with van der Waals surface area (Å²) in [4.78, 5) is 14.2. The maximum absolute atomic E-state index is 12.3. The van der Waals surface area contributed by atoms with Gasteiger partial charge >= 0.3 is 0 Å². The summed E-state index contributed by atoms with van der Waals surface area (Å²) in [7, 11) is 0. The van der Waals surface area contributed by atoms with Gasteiger partial charge in [-0.3, -0.25) is 4.79 Å². The predicted molar refractivity (Wildman–Crippen MR) is 75.9 cm³/mol. The van der Waals surface area contributed by atoms with Crippen molar-refractivity contribution in [3.05, 3.63) is 0 Å². The molecule has 5 heteroatoms. The number of carbonyl (C=O) groups is 1. The molecule has 0 spiro atoms. The van der Waals surface area contributed by atoms with Crippen molar-refractivity contribution in [1.82, 2.24) is 4.90 Å². The molecule has 1 saturated heterocycles. The van der Waals surface area contributed by atoms with Gasteiger partial charge in [-0.05, 0) is 24.2 Å². The molecule has 19 heavy (non-hydrogen) atoms.